The van der Waals surface area contributed by atoms with Crippen molar-refractivity contribution < 1.29 is 9.90 Å². The van der Waals surface area contributed by atoms with Crippen molar-refractivity contribution in [2.75, 3.05) is 5.32 Å². The standard InChI is InChI=1S/C15H16N4O2/c20-15(21)13-6-5-10(7-16-13)8-17-14-11-3-1-2-4-12(11)18-9-19-14/h5-7,9H,1-4,8H2,(H,20,21)(H,17,18,19). The molecule has 0 saturated heterocycles. The lowest BCUT2D eigenvalue weighted by molar-refractivity contribution is 0.0690. The molecule has 0 spiro atoms. The van der Waals surface area contributed by atoms with Crippen LogP contribution in [0.15, 0.2) is 24.7 Å². The van der Waals surface area contributed by atoms with Crippen molar-refractivity contribution in [3.05, 3.63) is 47.2 Å². The van der Waals surface area contributed by atoms with E-state index in [9.17, 15) is 4.79 Å². The summed E-state index contributed by atoms with van der Waals surface area (Å²) in [6, 6.07) is 3.27. The number of carboxylic acids is 1. The van der Waals surface area contributed by atoms with E-state index >= 15 is 0 Å². The van der Waals surface area contributed by atoms with Crippen LogP contribution in [-0.2, 0) is 19.4 Å². The van der Waals surface area contributed by atoms with Crippen LogP contribution in [0.25, 0.3) is 0 Å². The number of hydrogen-bond donors (Lipinski definition) is 2. The minimum atomic E-state index is -1.01. The zero-order chi connectivity index (χ0) is 14.7. The molecule has 2 N–H and O–H groups in total. The van der Waals surface area contributed by atoms with E-state index in [1.807, 2.05) is 0 Å². The fraction of sp³-hybridized carbons (Fsp3) is 0.333. The van der Waals surface area contributed by atoms with Gasteiger partial charge in [0, 0.05) is 24.0 Å². The Bertz CT molecular complexity index is 655. The molecule has 2 aromatic heterocycles. The maximum atomic E-state index is 10.8. The van der Waals surface area contributed by atoms with Crippen LogP contribution in [0, 0.1) is 0 Å². The Hall–Kier alpha value is -2.50. The van der Waals surface area contributed by atoms with E-state index < -0.39 is 5.97 Å². The molecule has 0 radical (unpaired) electrons. The number of aromatic nitrogens is 3. The van der Waals surface area contributed by atoms with Gasteiger partial charge in [0.05, 0.1) is 0 Å². The molecule has 0 amide bonds. The largest absolute Gasteiger partial charge is 0.477 e. The quantitative estimate of drug-likeness (QED) is 0.893. The number of rotatable bonds is 4. The number of hydrogen-bond acceptors (Lipinski definition) is 5. The van der Waals surface area contributed by atoms with Crippen LogP contribution in [0.1, 0.15) is 40.2 Å². The second-order valence-electron chi connectivity index (χ2n) is 5.07. The third kappa shape index (κ3) is 2.99. The summed E-state index contributed by atoms with van der Waals surface area (Å²) in [5.74, 6) is -0.138. The summed E-state index contributed by atoms with van der Waals surface area (Å²) in [6.07, 6.45) is 7.55. The molecule has 0 fully saturated rings. The number of anilines is 1. The van der Waals surface area contributed by atoms with Crippen molar-refractivity contribution in [3.63, 3.8) is 0 Å². The summed E-state index contributed by atoms with van der Waals surface area (Å²) in [4.78, 5) is 23.3. The first kappa shape index (κ1) is 13.5. The molecule has 108 valence electrons. The normalized spacial score (nSPS) is 13.5. The number of carbonyl (C=O) groups is 1. The third-order valence-corrected chi connectivity index (χ3v) is 3.63. The van der Waals surface area contributed by atoms with E-state index in [0.717, 1.165) is 29.9 Å². The average Bonchev–Trinajstić information content (AvgIpc) is 2.53. The molecule has 0 atom stereocenters. The number of aromatic carboxylic acids is 1. The SMILES string of the molecule is O=C(O)c1ccc(CNc2ncnc3c2CCCC3)cn1. The van der Waals surface area contributed by atoms with E-state index in [2.05, 4.69) is 20.3 Å². The minimum absolute atomic E-state index is 0.0539. The second kappa shape index (κ2) is 5.87. The Labute approximate surface area is 122 Å². The fourth-order valence-corrected chi connectivity index (χ4v) is 2.51. The monoisotopic (exact) mass is 284 g/mol. The van der Waals surface area contributed by atoms with E-state index in [0.29, 0.717) is 6.54 Å². The molecule has 1 aliphatic rings. The molecule has 6 heteroatoms. The van der Waals surface area contributed by atoms with Crippen LogP contribution in [0.3, 0.4) is 0 Å². The predicted molar refractivity (Wildman–Crippen MR) is 77.2 cm³/mol. The minimum Gasteiger partial charge on any atom is -0.477 e. The molecular weight excluding hydrogens is 268 g/mol. The van der Waals surface area contributed by atoms with Crippen LogP contribution in [0.4, 0.5) is 5.82 Å². The smallest absolute Gasteiger partial charge is 0.354 e. The summed E-state index contributed by atoms with van der Waals surface area (Å²) in [6.45, 7) is 0.566. The van der Waals surface area contributed by atoms with Crippen molar-refractivity contribution in [1.82, 2.24) is 15.0 Å². The highest BCUT2D eigenvalue weighted by Crippen LogP contribution is 2.24. The van der Waals surface area contributed by atoms with Gasteiger partial charge in [0.1, 0.15) is 17.8 Å². The van der Waals surface area contributed by atoms with E-state index in [1.165, 1.54) is 24.5 Å². The Morgan fingerprint density at radius 1 is 1.19 bits per heavy atom. The van der Waals surface area contributed by atoms with Gasteiger partial charge < -0.3 is 10.4 Å². The molecule has 0 unspecified atom stereocenters. The molecule has 2 aromatic rings. The van der Waals surface area contributed by atoms with Crippen LogP contribution >= 0.6 is 0 Å². The lowest BCUT2D eigenvalue weighted by Crippen LogP contribution is -2.12. The molecular formula is C15H16N4O2. The first-order valence-corrected chi connectivity index (χ1v) is 6.99. The molecule has 1 aliphatic carbocycles. The predicted octanol–water partition coefficient (Wildman–Crippen LogP) is 2.06. The average molecular weight is 284 g/mol. The number of aryl methyl sites for hydroxylation is 1. The van der Waals surface area contributed by atoms with Crippen LogP contribution < -0.4 is 5.32 Å². The molecule has 6 nitrogen and oxygen atoms in total. The highest BCUT2D eigenvalue weighted by atomic mass is 16.4. The molecule has 0 aliphatic heterocycles. The number of nitrogens with zero attached hydrogens (tertiary/aromatic N) is 3. The number of pyridine rings is 1. The van der Waals surface area contributed by atoms with Crippen molar-refractivity contribution in [3.8, 4) is 0 Å². The molecule has 0 aromatic carbocycles. The van der Waals surface area contributed by atoms with Gasteiger partial charge in [0.2, 0.25) is 0 Å². The van der Waals surface area contributed by atoms with Gasteiger partial charge in [-0.1, -0.05) is 6.07 Å². The molecule has 0 bridgehead atoms. The Morgan fingerprint density at radius 3 is 2.81 bits per heavy atom. The molecule has 0 saturated carbocycles. The third-order valence-electron chi connectivity index (χ3n) is 3.63. The summed E-state index contributed by atoms with van der Waals surface area (Å²) >= 11 is 0. The van der Waals surface area contributed by atoms with Gasteiger partial charge in [-0.2, -0.15) is 0 Å². The zero-order valence-electron chi connectivity index (χ0n) is 11.5. The van der Waals surface area contributed by atoms with Crippen LogP contribution in [-0.4, -0.2) is 26.0 Å². The summed E-state index contributed by atoms with van der Waals surface area (Å²) in [5, 5.41) is 12.1. The van der Waals surface area contributed by atoms with Crippen LogP contribution in [0.5, 0.6) is 0 Å². The zero-order valence-corrected chi connectivity index (χ0v) is 11.5. The second-order valence-corrected chi connectivity index (χ2v) is 5.07. The number of nitrogens with one attached hydrogen (secondary N) is 1. The summed E-state index contributed by atoms with van der Waals surface area (Å²) in [7, 11) is 0. The first-order chi connectivity index (χ1) is 10.2. The Kier molecular flexibility index (Phi) is 3.77. The lowest BCUT2D eigenvalue weighted by atomic mass is 9.96. The van der Waals surface area contributed by atoms with Gasteiger partial charge in [0.25, 0.3) is 0 Å². The van der Waals surface area contributed by atoms with Gasteiger partial charge in [-0.15, -0.1) is 0 Å². The van der Waals surface area contributed by atoms with E-state index in [1.54, 1.807) is 18.6 Å². The van der Waals surface area contributed by atoms with E-state index in [-0.39, 0.29) is 5.69 Å². The van der Waals surface area contributed by atoms with Crippen LogP contribution in [0.2, 0.25) is 0 Å². The maximum Gasteiger partial charge on any atom is 0.354 e. The van der Waals surface area contributed by atoms with Crippen molar-refractivity contribution >= 4 is 11.8 Å². The van der Waals surface area contributed by atoms with Gasteiger partial charge >= 0.3 is 5.97 Å². The fourth-order valence-electron chi connectivity index (χ4n) is 2.51. The van der Waals surface area contributed by atoms with Crippen molar-refractivity contribution in [2.45, 2.75) is 32.2 Å². The van der Waals surface area contributed by atoms with Gasteiger partial charge in [-0.25, -0.2) is 19.7 Å². The lowest BCUT2D eigenvalue weighted by Gasteiger charge is -2.18. The Balaban J connectivity index is 1.71. The van der Waals surface area contributed by atoms with Crippen molar-refractivity contribution in [1.29, 1.82) is 0 Å². The molecule has 3 rings (SSSR count). The maximum absolute atomic E-state index is 10.8. The highest BCUT2D eigenvalue weighted by Gasteiger charge is 2.15. The number of carboxylic acid groups (broad SMARTS) is 1. The summed E-state index contributed by atoms with van der Waals surface area (Å²) < 4.78 is 0. The van der Waals surface area contributed by atoms with Gasteiger partial charge in [-0.3, -0.25) is 0 Å². The summed E-state index contributed by atoms with van der Waals surface area (Å²) in [5.41, 5.74) is 3.32. The number of fused-ring (bicyclic) bond motifs is 1. The van der Waals surface area contributed by atoms with Crippen molar-refractivity contribution in [2.24, 2.45) is 0 Å². The van der Waals surface area contributed by atoms with Gasteiger partial charge in [0.15, 0.2) is 0 Å². The Morgan fingerprint density at radius 2 is 2.05 bits per heavy atom. The topological polar surface area (TPSA) is 88.0 Å². The first-order valence-electron chi connectivity index (χ1n) is 6.99. The van der Waals surface area contributed by atoms with E-state index in [4.69, 9.17) is 5.11 Å². The highest BCUT2D eigenvalue weighted by molar-refractivity contribution is 5.85. The molecule has 2 heterocycles. The molecule has 21 heavy (non-hydrogen) atoms. The van der Waals surface area contributed by atoms with Gasteiger partial charge in [-0.05, 0) is 37.3 Å².